The van der Waals surface area contributed by atoms with E-state index in [1.54, 1.807) is 12.1 Å². The number of rotatable bonds is 7. The lowest BCUT2D eigenvalue weighted by molar-refractivity contribution is -0.136. The number of sulfone groups is 1. The first-order valence-electron chi connectivity index (χ1n) is 7.58. The number of alkyl halides is 2. The lowest BCUT2D eigenvalue weighted by Gasteiger charge is -2.12. The molecular formula is C16H15F2N3O5S. The van der Waals surface area contributed by atoms with E-state index in [9.17, 15) is 17.2 Å². The van der Waals surface area contributed by atoms with Gasteiger partial charge in [0.25, 0.3) is 5.16 Å². The molecule has 0 unspecified atom stereocenters. The summed E-state index contributed by atoms with van der Waals surface area (Å²) in [7, 11) is -1.48. The van der Waals surface area contributed by atoms with Crippen molar-refractivity contribution < 1.29 is 31.5 Å². The Hall–Kier alpha value is -2.95. The molecule has 0 saturated heterocycles. The Kier molecular flexibility index (Phi) is 5.13. The SMILES string of the molecule is COc1ccnc(CS(=O)(=O)c2nc3ccccc3n2OC(F)F)c1OC. The van der Waals surface area contributed by atoms with Crippen molar-refractivity contribution in [2.75, 3.05) is 14.2 Å². The number of hydrogen-bond acceptors (Lipinski definition) is 7. The molecule has 0 saturated carbocycles. The second kappa shape index (κ2) is 7.35. The van der Waals surface area contributed by atoms with Crippen molar-refractivity contribution in [1.29, 1.82) is 0 Å². The Bertz CT molecular complexity index is 1070. The van der Waals surface area contributed by atoms with Crippen LogP contribution in [0.4, 0.5) is 8.78 Å². The van der Waals surface area contributed by atoms with Crippen molar-refractivity contribution in [3.05, 3.63) is 42.2 Å². The van der Waals surface area contributed by atoms with Crippen LogP contribution in [0.5, 0.6) is 11.5 Å². The lowest BCUT2D eigenvalue weighted by Crippen LogP contribution is -2.22. The number of halogens is 2. The molecule has 27 heavy (non-hydrogen) atoms. The quantitative estimate of drug-likeness (QED) is 0.600. The van der Waals surface area contributed by atoms with E-state index in [1.807, 2.05) is 0 Å². The van der Waals surface area contributed by atoms with E-state index in [2.05, 4.69) is 14.8 Å². The number of fused-ring (bicyclic) bond motifs is 1. The Morgan fingerprint density at radius 1 is 1.15 bits per heavy atom. The predicted molar refractivity (Wildman–Crippen MR) is 90.5 cm³/mol. The van der Waals surface area contributed by atoms with Crippen LogP contribution in [0.3, 0.4) is 0 Å². The maximum Gasteiger partial charge on any atom is 0.405 e. The highest BCUT2D eigenvalue weighted by atomic mass is 32.2. The molecule has 0 radical (unpaired) electrons. The molecule has 0 atom stereocenters. The summed E-state index contributed by atoms with van der Waals surface area (Å²) < 4.78 is 62.2. The second-order valence-corrected chi connectivity index (χ2v) is 7.18. The molecule has 3 rings (SSSR count). The van der Waals surface area contributed by atoms with Gasteiger partial charge in [-0.1, -0.05) is 12.1 Å². The number of pyridine rings is 1. The molecule has 0 fully saturated rings. The molecule has 2 aromatic heterocycles. The molecule has 0 bridgehead atoms. The van der Waals surface area contributed by atoms with Crippen molar-refractivity contribution in [2.45, 2.75) is 17.5 Å². The number of benzene rings is 1. The summed E-state index contributed by atoms with van der Waals surface area (Å²) in [6.45, 7) is -3.24. The third kappa shape index (κ3) is 3.63. The first kappa shape index (κ1) is 18.8. The lowest BCUT2D eigenvalue weighted by atomic mass is 10.3. The molecule has 0 amide bonds. The van der Waals surface area contributed by atoms with E-state index in [-0.39, 0.29) is 28.2 Å². The highest BCUT2D eigenvalue weighted by Crippen LogP contribution is 2.31. The van der Waals surface area contributed by atoms with Gasteiger partial charge < -0.3 is 14.3 Å². The minimum atomic E-state index is -4.21. The van der Waals surface area contributed by atoms with Gasteiger partial charge in [0, 0.05) is 12.3 Å². The number of imidazole rings is 1. The molecule has 0 aliphatic rings. The van der Waals surface area contributed by atoms with Crippen molar-refractivity contribution in [3.8, 4) is 11.5 Å². The summed E-state index contributed by atoms with van der Waals surface area (Å²) in [5.41, 5.74) is 0.344. The van der Waals surface area contributed by atoms with E-state index in [0.717, 1.165) is 0 Å². The van der Waals surface area contributed by atoms with Gasteiger partial charge in [0.1, 0.15) is 17.0 Å². The molecule has 0 spiro atoms. The average Bonchev–Trinajstić information content (AvgIpc) is 3.00. The van der Waals surface area contributed by atoms with Crippen LogP contribution in [0.2, 0.25) is 0 Å². The number of nitrogens with zero attached hydrogens (tertiary/aromatic N) is 3. The zero-order chi connectivity index (χ0) is 19.6. The monoisotopic (exact) mass is 399 g/mol. The first-order chi connectivity index (χ1) is 12.9. The fraction of sp³-hybridized carbons (Fsp3) is 0.250. The minimum absolute atomic E-state index is 0.0486. The highest BCUT2D eigenvalue weighted by Gasteiger charge is 2.29. The van der Waals surface area contributed by atoms with Crippen LogP contribution >= 0.6 is 0 Å². The average molecular weight is 399 g/mol. The Balaban J connectivity index is 2.11. The summed E-state index contributed by atoms with van der Waals surface area (Å²) in [6, 6.07) is 7.58. The van der Waals surface area contributed by atoms with E-state index in [1.165, 1.54) is 38.6 Å². The first-order valence-corrected chi connectivity index (χ1v) is 9.24. The molecule has 8 nitrogen and oxygen atoms in total. The molecule has 0 N–H and O–H groups in total. The highest BCUT2D eigenvalue weighted by molar-refractivity contribution is 7.90. The van der Waals surface area contributed by atoms with Gasteiger partial charge in [-0.25, -0.2) is 13.4 Å². The fourth-order valence-electron chi connectivity index (χ4n) is 2.56. The van der Waals surface area contributed by atoms with Gasteiger partial charge in [-0.15, -0.1) is 4.73 Å². The van der Waals surface area contributed by atoms with Crippen LogP contribution in [0.1, 0.15) is 5.69 Å². The molecule has 11 heteroatoms. The standard InChI is InChI=1S/C16H15F2N3O5S/c1-24-13-7-8-19-11(14(13)25-2)9-27(22,23)16-20-10-5-3-4-6-12(10)21(16)26-15(17)18/h3-8,15H,9H2,1-2H3. The number of methoxy groups -OCH3 is 2. The summed E-state index contributed by atoms with van der Waals surface area (Å²) in [6.07, 6.45) is 1.35. The van der Waals surface area contributed by atoms with Gasteiger partial charge in [0.15, 0.2) is 11.5 Å². The molecular weight excluding hydrogens is 384 g/mol. The van der Waals surface area contributed by atoms with Gasteiger partial charge in [0.2, 0.25) is 9.84 Å². The normalized spacial score (nSPS) is 11.7. The number of aromatic nitrogens is 3. The van der Waals surface area contributed by atoms with E-state index in [0.29, 0.717) is 4.73 Å². The van der Waals surface area contributed by atoms with Gasteiger partial charge in [-0.3, -0.25) is 4.98 Å². The fourth-order valence-corrected chi connectivity index (χ4v) is 3.88. The molecule has 3 aromatic rings. The maximum atomic E-state index is 12.9. The molecule has 0 aliphatic heterocycles. The van der Waals surface area contributed by atoms with Gasteiger partial charge >= 0.3 is 6.61 Å². The smallest absolute Gasteiger partial charge is 0.405 e. The van der Waals surface area contributed by atoms with Crippen LogP contribution < -0.4 is 14.3 Å². The summed E-state index contributed by atoms with van der Waals surface area (Å²) >= 11 is 0. The zero-order valence-corrected chi connectivity index (χ0v) is 15.1. The second-order valence-electron chi connectivity index (χ2n) is 5.30. The predicted octanol–water partition coefficient (Wildman–Crippen LogP) is 2.07. The van der Waals surface area contributed by atoms with Gasteiger partial charge in [-0.2, -0.15) is 8.78 Å². The van der Waals surface area contributed by atoms with Crippen molar-refractivity contribution >= 4 is 20.9 Å². The molecule has 1 aromatic carbocycles. The van der Waals surface area contributed by atoms with Crippen LogP contribution in [-0.2, 0) is 15.6 Å². The zero-order valence-electron chi connectivity index (χ0n) is 14.3. The molecule has 2 heterocycles. The van der Waals surface area contributed by atoms with Crippen LogP contribution in [0, 0.1) is 0 Å². The van der Waals surface area contributed by atoms with Crippen molar-refractivity contribution in [3.63, 3.8) is 0 Å². The van der Waals surface area contributed by atoms with E-state index < -0.39 is 27.4 Å². The third-order valence-corrected chi connectivity index (χ3v) is 5.11. The Morgan fingerprint density at radius 2 is 1.89 bits per heavy atom. The van der Waals surface area contributed by atoms with Crippen LogP contribution in [-0.4, -0.2) is 43.9 Å². The number of ether oxygens (including phenoxy) is 2. The van der Waals surface area contributed by atoms with Gasteiger partial charge in [0.05, 0.1) is 19.7 Å². The Morgan fingerprint density at radius 3 is 2.56 bits per heavy atom. The number of para-hydroxylation sites is 2. The van der Waals surface area contributed by atoms with Crippen molar-refractivity contribution in [2.24, 2.45) is 0 Å². The minimum Gasteiger partial charge on any atom is -0.493 e. The molecule has 144 valence electrons. The largest absolute Gasteiger partial charge is 0.493 e. The van der Waals surface area contributed by atoms with E-state index in [4.69, 9.17) is 9.47 Å². The number of hydrogen-bond donors (Lipinski definition) is 0. The van der Waals surface area contributed by atoms with Crippen LogP contribution in [0.25, 0.3) is 11.0 Å². The van der Waals surface area contributed by atoms with Gasteiger partial charge in [-0.05, 0) is 12.1 Å². The Labute approximate surface area is 153 Å². The summed E-state index contributed by atoms with van der Waals surface area (Å²) in [5.74, 6) is -0.237. The topological polar surface area (TPSA) is 92.5 Å². The van der Waals surface area contributed by atoms with E-state index >= 15 is 0 Å². The summed E-state index contributed by atoms with van der Waals surface area (Å²) in [5, 5.41) is -0.657. The maximum absolute atomic E-state index is 12.9. The molecule has 0 aliphatic carbocycles. The summed E-state index contributed by atoms with van der Waals surface area (Å²) in [4.78, 5) is 12.3. The van der Waals surface area contributed by atoms with Crippen molar-refractivity contribution in [1.82, 2.24) is 14.7 Å². The third-order valence-electron chi connectivity index (χ3n) is 3.65. The van der Waals surface area contributed by atoms with Crippen LogP contribution in [0.15, 0.2) is 41.7 Å².